The molecule has 0 fully saturated rings. The zero-order chi connectivity index (χ0) is 54.0. The van der Waals surface area contributed by atoms with Crippen molar-refractivity contribution in [3.8, 4) is 45.2 Å². The number of carbonyl (C=O) groups is 4. The molecule has 1 aliphatic heterocycles. The third-order valence-corrected chi connectivity index (χ3v) is 14.8. The highest BCUT2D eigenvalue weighted by atomic mass is 19.4. The first kappa shape index (κ1) is 48.7. The van der Waals surface area contributed by atoms with Crippen LogP contribution in [-0.2, 0) is 11.6 Å². The van der Waals surface area contributed by atoms with Gasteiger partial charge in [-0.3, -0.25) is 19.2 Å². The Morgan fingerprint density at radius 2 is 1.04 bits per heavy atom. The third kappa shape index (κ3) is 7.94. The van der Waals surface area contributed by atoms with Gasteiger partial charge in [-0.15, -0.1) is 0 Å². The number of alkyl halides is 6. The van der Waals surface area contributed by atoms with Crippen LogP contribution in [0.15, 0.2) is 167 Å². The van der Waals surface area contributed by atoms with E-state index in [2.05, 4.69) is 9.97 Å². The van der Waals surface area contributed by atoms with Gasteiger partial charge in [-0.05, 0) is 151 Å². The molecular formula is C62H39F6N3O6. The van der Waals surface area contributed by atoms with Crippen molar-refractivity contribution in [3.63, 3.8) is 0 Å². The van der Waals surface area contributed by atoms with Crippen LogP contribution in [0.3, 0.4) is 0 Å². The predicted molar refractivity (Wildman–Crippen MR) is 277 cm³/mol. The van der Waals surface area contributed by atoms with Crippen LogP contribution in [0.25, 0.3) is 67.4 Å². The van der Waals surface area contributed by atoms with Crippen LogP contribution in [0.4, 0.5) is 32.0 Å². The van der Waals surface area contributed by atoms with Crippen LogP contribution in [0.1, 0.15) is 93.2 Å². The van der Waals surface area contributed by atoms with Crippen molar-refractivity contribution in [1.29, 1.82) is 0 Å². The molecule has 8 aromatic carbocycles. The molecule has 15 heteroatoms. The summed E-state index contributed by atoms with van der Waals surface area (Å²) in [5.74, 6) is -3.20. The van der Waals surface area contributed by atoms with Gasteiger partial charge in [0.05, 0.1) is 22.4 Å². The molecule has 0 spiro atoms. The lowest BCUT2D eigenvalue weighted by Gasteiger charge is -2.33. The van der Waals surface area contributed by atoms with E-state index < -0.39 is 52.6 Å². The van der Waals surface area contributed by atoms with Crippen LogP contribution in [0.5, 0.6) is 0 Å². The minimum Gasteiger partial charge on any atom is -0.436 e. The number of rotatable bonds is 8. The number of ketones is 2. The SMILES string of the molecule is Cc1ccc(-c2nc3ccc(C(C)(c4ccc5oc(-c6ccc(-c7ccc8c(c7)C(=O)C(c7ccc(-c9ccc(N%10C(=O)c%11ccc(C)cc%11C%10=O)cc9C(F)(F)F)c(C)c7)C8=O)cc6)nc5c4)C(F)(F)F)cc3o2)cc1. The van der Waals surface area contributed by atoms with E-state index >= 15 is 13.2 Å². The first-order valence-corrected chi connectivity index (χ1v) is 24.3. The molecule has 3 heterocycles. The lowest BCUT2D eigenvalue weighted by atomic mass is 9.75. The first-order chi connectivity index (χ1) is 36.7. The van der Waals surface area contributed by atoms with Crippen LogP contribution in [-0.4, -0.2) is 39.5 Å². The molecular weight excluding hydrogens is 997 g/mol. The number of anilines is 1. The number of fused-ring (bicyclic) bond motifs is 4. The van der Waals surface area contributed by atoms with E-state index in [9.17, 15) is 32.3 Å². The molecule has 10 aromatic rings. The predicted octanol–water partition coefficient (Wildman–Crippen LogP) is 15.4. The van der Waals surface area contributed by atoms with Crippen molar-refractivity contribution >= 4 is 51.3 Å². The van der Waals surface area contributed by atoms with Gasteiger partial charge in [0.1, 0.15) is 22.4 Å². The van der Waals surface area contributed by atoms with Gasteiger partial charge in [0.2, 0.25) is 11.8 Å². The fourth-order valence-electron chi connectivity index (χ4n) is 10.5. The zero-order valence-corrected chi connectivity index (χ0v) is 41.1. The van der Waals surface area contributed by atoms with Gasteiger partial charge in [0, 0.05) is 22.3 Å². The molecule has 1 aliphatic carbocycles. The Kier molecular flexibility index (Phi) is 11.0. The summed E-state index contributed by atoms with van der Waals surface area (Å²) >= 11 is 0. The Morgan fingerprint density at radius 1 is 0.468 bits per heavy atom. The number of halogens is 6. The maximum atomic E-state index is 15.3. The second-order valence-electron chi connectivity index (χ2n) is 19.7. The quantitative estimate of drug-likeness (QED) is 0.0837. The number of Topliss-reactive ketones (excluding diaryl/α,β-unsaturated/α-hetero) is 2. The molecule has 2 amide bonds. The summed E-state index contributed by atoms with van der Waals surface area (Å²) in [7, 11) is 0. The average molecular weight is 1040 g/mol. The Morgan fingerprint density at radius 3 is 1.74 bits per heavy atom. The number of hydrogen-bond acceptors (Lipinski definition) is 8. The fraction of sp³-hybridized carbons (Fsp3) is 0.129. The highest BCUT2D eigenvalue weighted by molar-refractivity contribution is 6.34. The average Bonchev–Trinajstić information content (AvgIpc) is 4.18. The Bertz CT molecular complexity index is 4170. The Balaban J connectivity index is 0.781. The molecule has 2 aliphatic rings. The number of nitrogens with zero attached hydrogens (tertiary/aromatic N) is 3. The van der Waals surface area contributed by atoms with Gasteiger partial charge < -0.3 is 8.83 Å². The fourth-order valence-corrected chi connectivity index (χ4v) is 10.5. The lowest BCUT2D eigenvalue weighted by molar-refractivity contribution is -0.173. The van der Waals surface area contributed by atoms with Gasteiger partial charge in [0.25, 0.3) is 11.8 Å². The molecule has 0 radical (unpaired) electrons. The lowest BCUT2D eigenvalue weighted by Crippen LogP contribution is -2.40. The second-order valence-corrected chi connectivity index (χ2v) is 19.7. The van der Waals surface area contributed by atoms with E-state index in [1.807, 2.05) is 31.2 Å². The number of carbonyl (C=O) groups excluding carboxylic acids is 4. The molecule has 0 N–H and O–H groups in total. The molecule has 2 aromatic heterocycles. The molecule has 12 rings (SSSR count). The highest BCUT2D eigenvalue weighted by Crippen LogP contribution is 2.48. The number of aromatic nitrogens is 2. The molecule has 2 unspecified atom stereocenters. The van der Waals surface area contributed by atoms with Crippen LogP contribution < -0.4 is 4.90 Å². The molecule has 380 valence electrons. The number of oxazole rings is 2. The summed E-state index contributed by atoms with van der Waals surface area (Å²) < 4.78 is 102. The van der Waals surface area contributed by atoms with E-state index in [1.165, 1.54) is 78.9 Å². The van der Waals surface area contributed by atoms with E-state index in [4.69, 9.17) is 8.83 Å². The van der Waals surface area contributed by atoms with Gasteiger partial charge in [0.15, 0.2) is 22.7 Å². The van der Waals surface area contributed by atoms with Crippen molar-refractivity contribution in [1.82, 2.24) is 9.97 Å². The largest absolute Gasteiger partial charge is 0.436 e. The number of benzene rings is 8. The van der Waals surface area contributed by atoms with E-state index in [0.29, 0.717) is 50.4 Å². The normalized spacial score (nSPS) is 15.5. The zero-order valence-electron chi connectivity index (χ0n) is 41.1. The molecule has 0 bridgehead atoms. The topological polar surface area (TPSA) is 124 Å². The number of imide groups is 1. The van der Waals surface area contributed by atoms with E-state index in [1.54, 1.807) is 62.4 Å². The molecule has 0 saturated heterocycles. The van der Waals surface area contributed by atoms with Gasteiger partial charge >= 0.3 is 12.4 Å². The van der Waals surface area contributed by atoms with E-state index in [0.717, 1.165) is 23.5 Å². The van der Waals surface area contributed by atoms with Crippen molar-refractivity contribution in [3.05, 3.63) is 219 Å². The van der Waals surface area contributed by atoms with Gasteiger partial charge in [-0.1, -0.05) is 90.0 Å². The van der Waals surface area contributed by atoms with Crippen molar-refractivity contribution in [2.75, 3.05) is 4.90 Å². The van der Waals surface area contributed by atoms with Crippen molar-refractivity contribution in [2.24, 2.45) is 0 Å². The summed E-state index contributed by atoms with van der Waals surface area (Å²) in [5.41, 5.74) is 2.59. The number of aryl methyl sites for hydroxylation is 3. The Labute approximate surface area is 434 Å². The second kappa shape index (κ2) is 17.4. The standard InChI is InChI=1S/C62H39F6N3O6/c1-31-5-8-35(9-6-31)56-69-49-23-16-40(29-52(49)77-56)60(4,62(66,67)68)39-17-24-51-50(28-39)70-57(76-51)36-12-10-34(11-13-36)37-14-21-44-46(27-37)55(73)53(54(44)72)38-15-20-42(33(3)26-38)43-22-18-41(30-48(43)61(63,64)65)71-58(74)45-19-7-32(2)25-47(45)59(71)75/h5-30,53H,1-4H3. The van der Waals surface area contributed by atoms with Crippen molar-refractivity contribution in [2.45, 2.75) is 51.4 Å². The smallest absolute Gasteiger partial charge is 0.417 e. The highest BCUT2D eigenvalue weighted by Gasteiger charge is 2.54. The third-order valence-electron chi connectivity index (χ3n) is 14.8. The maximum absolute atomic E-state index is 15.3. The first-order valence-electron chi connectivity index (χ1n) is 24.3. The van der Waals surface area contributed by atoms with Crippen LogP contribution >= 0.6 is 0 Å². The van der Waals surface area contributed by atoms with Crippen LogP contribution in [0, 0.1) is 20.8 Å². The number of hydrogen-bond donors (Lipinski definition) is 0. The number of amides is 2. The van der Waals surface area contributed by atoms with Crippen LogP contribution in [0.2, 0.25) is 0 Å². The maximum Gasteiger partial charge on any atom is 0.417 e. The summed E-state index contributed by atoms with van der Waals surface area (Å²) in [6.45, 7) is 6.36. The Hall–Kier alpha value is -9.24. The minimum atomic E-state index is -4.89. The summed E-state index contributed by atoms with van der Waals surface area (Å²) in [6.07, 6.45) is -9.63. The molecule has 2 atom stereocenters. The molecule has 9 nitrogen and oxygen atoms in total. The molecule has 77 heavy (non-hydrogen) atoms. The summed E-state index contributed by atoms with van der Waals surface area (Å²) in [6, 6.07) is 40.1. The van der Waals surface area contributed by atoms with Gasteiger partial charge in [-0.25, -0.2) is 14.9 Å². The van der Waals surface area contributed by atoms with E-state index in [-0.39, 0.29) is 72.8 Å². The molecule has 0 saturated carbocycles. The monoisotopic (exact) mass is 1040 g/mol. The summed E-state index contributed by atoms with van der Waals surface area (Å²) in [5, 5.41) is 0. The minimum absolute atomic E-state index is 0.0491. The van der Waals surface area contributed by atoms with Crippen molar-refractivity contribution < 1.29 is 54.4 Å². The summed E-state index contributed by atoms with van der Waals surface area (Å²) in [4.78, 5) is 64.3. The van der Waals surface area contributed by atoms with Gasteiger partial charge in [-0.2, -0.15) is 26.3 Å².